The first-order chi connectivity index (χ1) is 10.4. The summed E-state index contributed by atoms with van der Waals surface area (Å²) >= 11 is 5.93. The molecule has 120 valence electrons. The molecule has 22 heavy (non-hydrogen) atoms. The predicted octanol–water partition coefficient (Wildman–Crippen LogP) is 2.81. The van der Waals surface area contributed by atoms with Gasteiger partial charge in [0.05, 0.1) is 10.6 Å². The molecule has 0 unspecified atom stereocenters. The third-order valence-corrected chi connectivity index (χ3v) is 4.39. The Bertz CT molecular complexity index is 571. The molecule has 1 aromatic carbocycles. The van der Waals surface area contributed by atoms with E-state index in [1.165, 1.54) is 12.1 Å². The third kappa shape index (κ3) is 3.58. The number of carbonyl (C=O) groups excluding carboxylic acids is 2. The second-order valence-electron chi connectivity index (χ2n) is 5.55. The molecule has 1 heterocycles. The fourth-order valence-electron chi connectivity index (χ4n) is 2.45. The van der Waals surface area contributed by atoms with Crippen molar-refractivity contribution in [3.05, 3.63) is 34.6 Å². The molecule has 0 saturated carbocycles. The zero-order valence-corrected chi connectivity index (χ0v) is 13.6. The van der Waals surface area contributed by atoms with E-state index in [0.29, 0.717) is 31.7 Å². The Morgan fingerprint density at radius 3 is 2.36 bits per heavy atom. The number of carbonyl (C=O) groups is 2. The van der Waals surface area contributed by atoms with Gasteiger partial charge in [-0.1, -0.05) is 25.4 Å². The highest BCUT2D eigenvalue weighted by atomic mass is 35.5. The van der Waals surface area contributed by atoms with Crippen LogP contribution in [0.3, 0.4) is 0 Å². The fourth-order valence-corrected chi connectivity index (χ4v) is 2.70. The lowest BCUT2D eigenvalue weighted by atomic mass is 10.1. The summed E-state index contributed by atoms with van der Waals surface area (Å²) in [5.41, 5.74) is 0.296. The van der Waals surface area contributed by atoms with E-state index in [1.54, 1.807) is 9.80 Å². The van der Waals surface area contributed by atoms with E-state index in [4.69, 9.17) is 11.6 Å². The summed E-state index contributed by atoms with van der Waals surface area (Å²) < 4.78 is 13.0. The van der Waals surface area contributed by atoms with E-state index in [2.05, 4.69) is 0 Å². The highest BCUT2D eigenvalue weighted by molar-refractivity contribution is 6.33. The number of halogens is 2. The molecular weight excluding hydrogens is 307 g/mol. The average Bonchev–Trinajstić information content (AvgIpc) is 2.53. The summed E-state index contributed by atoms with van der Waals surface area (Å²) in [5, 5.41) is 0.114. The fraction of sp³-hybridized carbons (Fsp3) is 0.500. The van der Waals surface area contributed by atoms with E-state index >= 15 is 0 Å². The van der Waals surface area contributed by atoms with Gasteiger partial charge in [-0.25, -0.2) is 4.39 Å². The second kappa shape index (κ2) is 7.09. The van der Waals surface area contributed by atoms with Crippen LogP contribution in [0.25, 0.3) is 0 Å². The van der Waals surface area contributed by atoms with Gasteiger partial charge in [0.1, 0.15) is 5.82 Å². The van der Waals surface area contributed by atoms with Gasteiger partial charge in [0.2, 0.25) is 5.91 Å². The molecule has 0 aliphatic carbocycles. The summed E-state index contributed by atoms with van der Waals surface area (Å²) in [6.45, 7) is 5.88. The van der Waals surface area contributed by atoms with Gasteiger partial charge >= 0.3 is 0 Å². The summed E-state index contributed by atoms with van der Waals surface area (Å²) in [4.78, 5) is 28.0. The third-order valence-electron chi connectivity index (χ3n) is 4.07. The Kier molecular flexibility index (Phi) is 5.40. The van der Waals surface area contributed by atoms with Crippen LogP contribution in [0.5, 0.6) is 0 Å². The van der Waals surface area contributed by atoms with Crippen LogP contribution < -0.4 is 0 Å². The molecule has 0 N–H and O–H groups in total. The topological polar surface area (TPSA) is 40.6 Å². The number of benzene rings is 1. The number of amides is 2. The van der Waals surface area contributed by atoms with Crippen LogP contribution in [0.2, 0.25) is 5.02 Å². The quantitative estimate of drug-likeness (QED) is 0.857. The lowest BCUT2D eigenvalue weighted by Gasteiger charge is -2.36. The van der Waals surface area contributed by atoms with Crippen LogP contribution in [0, 0.1) is 11.7 Å². The number of hydrogen-bond donors (Lipinski definition) is 0. The van der Waals surface area contributed by atoms with Crippen molar-refractivity contribution in [2.45, 2.75) is 20.3 Å². The molecule has 4 nitrogen and oxygen atoms in total. The second-order valence-corrected chi connectivity index (χ2v) is 5.96. The van der Waals surface area contributed by atoms with Gasteiger partial charge in [-0.15, -0.1) is 0 Å². The van der Waals surface area contributed by atoms with Gasteiger partial charge in [0.15, 0.2) is 0 Å². The molecule has 1 aromatic rings. The van der Waals surface area contributed by atoms with Gasteiger partial charge in [-0.05, 0) is 24.6 Å². The normalized spacial score (nSPS) is 16.5. The van der Waals surface area contributed by atoms with Gasteiger partial charge in [0.25, 0.3) is 5.91 Å². The zero-order valence-electron chi connectivity index (χ0n) is 12.8. The lowest BCUT2D eigenvalue weighted by molar-refractivity contribution is -0.136. The summed E-state index contributed by atoms with van der Waals surface area (Å²) in [5.74, 6) is -0.547. The SMILES string of the molecule is CC[C@H](C)C(=O)N1CCN(C(=O)c2ccc(F)cc2Cl)CC1. The van der Waals surface area contributed by atoms with Crippen LogP contribution in [0.4, 0.5) is 4.39 Å². The molecule has 0 aromatic heterocycles. The maximum Gasteiger partial charge on any atom is 0.255 e. The van der Waals surface area contributed by atoms with Crippen LogP contribution in [-0.4, -0.2) is 47.8 Å². The first-order valence-electron chi connectivity index (χ1n) is 7.47. The number of hydrogen-bond acceptors (Lipinski definition) is 2. The molecule has 1 aliphatic rings. The Morgan fingerprint density at radius 2 is 1.82 bits per heavy atom. The highest BCUT2D eigenvalue weighted by Crippen LogP contribution is 2.20. The van der Waals surface area contributed by atoms with Gasteiger partial charge < -0.3 is 9.80 Å². The van der Waals surface area contributed by atoms with Gasteiger partial charge in [-0.3, -0.25) is 9.59 Å². The molecule has 1 atom stereocenters. The Balaban J connectivity index is 1.99. The average molecular weight is 327 g/mol. The van der Waals surface area contributed by atoms with Crippen molar-refractivity contribution >= 4 is 23.4 Å². The smallest absolute Gasteiger partial charge is 0.255 e. The monoisotopic (exact) mass is 326 g/mol. The maximum atomic E-state index is 13.0. The minimum absolute atomic E-state index is 0.00814. The molecular formula is C16H20ClFN2O2. The minimum atomic E-state index is -0.467. The Morgan fingerprint density at radius 1 is 1.23 bits per heavy atom. The predicted molar refractivity (Wildman–Crippen MR) is 83.3 cm³/mol. The van der Waals surface area contributed by atoms with Gasteiger partial charge in [-0.2, -0.15) is 0 Å². The molecule has 0 radical (unpaired) electrons. The van der Waals surface area contributed by atoms with Crippen LogP contribution in [-0.2, 0) is 4.79 Å². The number of piperazine rings is 1. The number of nitrogens with zero attached hydrogens (tertiary/aromatic N) is 2. The van der Waals surface area contributed by atoms with Crippen LogP contribution >= 0.6 is 11.6 Å². The first-order valence-corrected chi connectivity index (χ1v) is 7.85. The summed E-state index contributed by atoms with van der Waals surface area (Å²) in [6.07, 6.45) is 0.809. The largest absolute Gasteiger partial charge is 0.339 e. The van der Waals surface area contributed by atoms with Crippen molar-refractivity contribution in [3.8, 4) is 0 Å². The molecule has 2 amide bonds. The number of rotatable bonds is 3. The van der Waals surface area contributed by atoms with Crippen molar-refractivity contribution in [1.29, 1.82) is 0 Å². The van der Waals surface area contributed by atoms with Crippen LogP contribution in [0.1, 0.15) is 30.6 Å². The van der Waals surface area contributed by atoms with Crippen molar-refractivity contribution in [1.82, 2.24) is 9.80 Å². The molecule has 1 aliphatic heterocycles. The van der Waals surface area contributed by atoms with Crippen molar-refractivity contribution in [3.63, 3.8) is 0 Å². The van der Waals surface area contributed by atoms with E-state index < -0.39 is 5.82 Å². The highest BCUT2D eigenvalue weighted by Gasteiger charge is 2.27. The van der Waals surface area contributed by atoms with E-state index in [-0.39, 0.29) is 22.8 Å². The van der Waals surface area contributed by atoms with E-state index in [0.717, 1.165) is 12.5 Å². The molecule has 1 fully saturated rings. The molecule has 0 spiro atoms. The Labute approximate surface area is 134 Å². The molecule has 1 saturated heterocycles. The summed E-state index contributed by atoms with van der Waals surface area (Å²) in [6, 6.07) is 3.76. The Hall–Kier alpha value is -1.62. The molecule has 6 heteroatoms. The lowest BCUT2D eigenvalue weighted by Crippen LogP contribution is -2.51. The summed E-state index contributed by atoms with van der Waals surface area (Å²) in [7, 11) is 0. The van der Waals surface area contributed by atoms with Gasteiger partial charge in [0, 0.05) is 32.1 Å². The van der Waals surface area contributed by atoms with E-state index in [1.807, 2.05) is 13.8 Å². The van der Waals surface area contributed by atoms with Crippen molar-refractivity contribution in [2.24, 2.45) is 5.92 Å². The first kappa shape index (κ1) is 16.7. The minimum Gasteiger partial charge on any atom is -0.339 e. The van der Waals surface area contributed by atoms with Crippen molar-refractivity contribution in [2.75, 3.05) is 26.2 Å². The van der Waals surface area contributed by atoms with E-state index in [9.17, 15) is 14.0 Å². The maximum absolute atomic E-state index is 13.0. The molecule has 0 bridgehead atoms. The molecule has 2 rings (SSSR count). The standard InChI is InChI=1S/C16H20ClFN2O2/c1-3-11(2)15(21)19-6-8-20(9-7-19)16(22)13-5-4-12(18)10-14(13)17/h4-5,10-11H,3,6-9H2,1-2H3/t11-/m0/s1. The zero-order chi connectivity index (χ0) is 16.3. The van der Waals surface area contributed by atoms with Crippen LogP contribution in [0.15, 0.2) is 18.2 Å². The van der Waals surface area contributed by atoms with Crippen molar-refractivity contribution < 1.29 is 14.0 Å².